The van der Waals surface area contributed by atoms with Gasteiger partial charge in [0.15, 0.2) is 0 Å². The Kier molecular flexibility index (Phi) is 13.5. The van der Waals surface area contributed by atoms with Gasteiger partial charge in [-0.3, -0.25) is 24.0 Å². The minimum Gasteiger partial charge on any atom is -0.493 e. The largest absolute Gasteiger partial charge is 0.493 e. The second-order valence-electron chi connectivity index (χ2n) is 11.6. The molecule has 0 saturated heterocycles. The van der Waals surface area contributed by atoms with E-state index in [1.807, 2.05) is 60.7 Å². The number of para-hydroxylation sites is 1. The van der Waals surface area contributed by atoms with Crippen LogP contribution in [0.1, 0.15) is 47.7 Å². The van der Waals surface area contributed by atoms with Crippen LogP contribution in [0, 0.1) is 0 Å². The molecular weight excluding hydrogens is 614 g/mol. The van der Waals surface area contributed by atoms with Crippen LogP contribution in [0.3, 0.4) is 0 Å². The van der Waals surface area contributed by atoms with Crippen LogP contribution < -0.4 is 31.3 Å². The molecule has 0 aliphatic carbocycles. The van der Waals surface area contributed by atoms with Crippen LogP contribution in [0.2, 0.25) is 0 Å². The summed E-state index contributed by atoms with van der Waals surface area (Å²) >= 11 is 0. The van der Waals surface area contributed by atoms with Gasteiger partial charge in [0, 0.05) is 19.5 Å². The zero-order chi connectivity index (χ0) is 34.3. The lowest BCUT2D eigenvalue weighted by Gasteiger charge is -2.26. The van der Waals surface area contributed by atoms with E-state index in [4.69, 9.17) is 4.74 Å². The van der Waals surface area contributed by atoms with Gasteiger partial charge in [-0.15, -0.1) is 0 Å². The predicted molar refractivity (Wildman–Crippen MR) is 179 cm³/mol. The lowest BCUT2D eigenvalue weighted by Crippen LogP contribution is -2.58. The molecule has 0 saturated carbocycles. The van der Waals surface area contributed by atoms with Crippen molar-refractivity contribution in [1.29, 1.82) is 0 Å². The molecule has 48 heavy (non-hydrogen) atoms. The van der Waals surface area contributed by atoms with Gasteiger partial charge in [-0.25, -0.2) is 0 Å². The number of fused-ring (bicyclic) bond motifs is 1. The molecule has 254 valence electrons. The van der Waals surface area contributed by atoms with Crippen molar-refractivity contribution in [3.63, 3.8) is 0 Å². The first kappa shape index (κ1) is 35.6. The summed E-state index contributed by atoms with van der Waals surface area (Å²) in [5.41, 5.74) is 2.07. The Morgan fingerprint density at radius 3 is 2.25 bits per heavy atom. The minimum atomic E-state index is -1.44. The number of benzene rings is 3. The number of hydrogen-bond donors (Lipinski definition) is 6. The number of nitrogens with one attached hydrogen (secondary N) is 5. The Hall–Kier alpha value is -5.23. The molecule has 0 radical (unpaired) electrons. The molecule has 3 aromatic carbocycles. The monoisotopic (exact) mass is 657 g/mol. The number of carbonyl (C=O) groups excluding carboxylic acids is 5. The maximum atomic E-state index is 13.4. The highest BCUT2D eigenvalue weighted by molar-refractivity contribution is 6.01. The number of ether oxygens (including phenoxy) is 1. The van der Waals surface area contributed by atoms with Crippen molar-refractivity contribution < 1.29 is 33.8 Å². The average molecular weight is 658 g/mol. The SMILES string of the molecule is C[C@@H](O)[C@@H]1NC(=O)C[C@@H](C(=O)NCCCc2ccccc2)NC(=O)c2ccccc2OCCCNC(=O)[C@H](Cc2ccccc2)NC1=O. The van der Waals surface area contributed by atoms with Crippen LogP contribution >= 0.6 is 0 Å². The van der Waals surface area contributed by atoms with Gasteiger partial charge in [0.1, 0.15) is 23.9 Å². The van der Waals surface area contributed by atoms with Gasteiger partial charge in [0.25, 0.3) is 5.91 Å². The molecule has 1 heterocycles. The summed E-state index contributed by atoms with van der Waals surface area (Å²) in [7, 11) is 0. The van der Waals surface area contributed by atoms with Gasteiger partial charge in [0.2, 0.25) is 23.6 Å². The smallest absolute Gasteiger partial charge is 0.255 e. The number of carbonyl (C=O) groups is 5. The summed E-state index contributed by atoms with van der Waals surface area (Å²) < 4.78 is 5.87. The van der Waals surface area contributed by atoms with Crippen LogP contribution in [0.25, 0.3) is 0 Å². The highest BCUT2D eigenvalue weighted by Crippen LogP contribution is 2.19. The Balaban J connectivity index is 1.54. The first-order chi connectivity index (χ1) is 23.2. The highest BCUT2D eigenvalue weighted by Gasteiger charge is 2.32. The fraction of sp³-hybridized carbons (Fsp3) is 0.361. The molecule has 3 aromatic rings. The van der Waals surface area contributed by atoms with Crippen LogP contribution in [0.4, 0.5) is 0 Å². The molecule has 1 aliphatic rings. The molecular formula is C36H43N5O7. The number of amides is 5. The summed E-state index contributed by atoms with van der Waals surface area (Å²) in [5, 5.41) is 23.9. The van der Waals surface area contributed by atoms with E-state index in [9.17, 15) is 29.1 Å². The Morgan fingerprint density at radius 1 is 0.875 bits per heavy atom. The van der Waals surface area contributed by atoms with Crippen molar-refractivity contribution in [2.75, 3.05) is 19.7 Å². The predicted octanol–water partition coefficient (Wildman–Crippen LogP) is 1.42. The maximum Gasteiger partial charge on any atom is 0.255 e. The highest BCUT2D eigenvalue weighted by atomic mass is 16.5. The standard InChI is InChI=1S/C36H43N5O7/c1-24(42)32-36(47)40-28(22-26-14-6-3-7-15-26)34(45)38-20-11-21-48-30-18-9-8-17-27(30)33(44)39-29(23-31(43)41-32)35(46)37-19-10-16-25-12-4-2-5-13-25/h2-9,12-15,17-18,24,28-29,32,42H,10-11,16,19-23H2,1H3,(H,37,46)(H,38,45)(H,39,44)(H,40,47)(H,41,43)/t24-,28+,29+,32+/m1/s1. The summed E-state index contributed by atoms with van der Waals surface area (Å²) in [4.78, 5) is 66.7. The van der Waals surface area contributed by atoms with Crippen LogP contribution in [0.5, 0.6) is 5.75 Å². The van der Waals surface area contributed by atoms with E-state index in [-0.39, 0.29) is 30.9 Å². The lowest BCUT2D eigenvalue weighted by molar-refractivity contribution is -0.135. The van der Waals surface area contributed by atoms with Crippen LogP contribution in [-0.2, 0) is 32.0 Å². The normalized spacial score (nSPS) is 20.2. The lowest BCUT2D eigenvalue weighted by atomic mass is 10.0. The van der Waals surface area contributed by atoms with Crippen molar-refractivity contribution in [3.05, 3.63) is 102 Å². The first-order valence-electron chi connectivity index (χ1n) is 16.1. The second-order valence-corrected chi connectivity index (χ2v) is 11.6. The van der Waals surface area contributed by atoms with E-state index in [0.29, 0.717) is 19.4 Å². The fourth-order valence-electron chi connectivity index (χ4n) is 5.23. The van der Waals surface area contributed by atoms with Gasteiger partial charge in [-0.2, -0.15) is 0 Å². The van der Waals surface area contributed by atoms with E-state index in [1.54, 1.807) is 24.3 Å². The van der Waals surface area contributed by atoms with Crippen molar-refractivity contribution in [2.45, 2.75) is 63.3 Å². The molecule has 0 bridgehead atoms. The van der Waals surface area contributed by atoms with Crippen molar-refractivity contribution in [3.8, 4) is 5.75 Å². The Morgan fingerprint density at radius 2 is 1.54 bits per heavy atom. The van der Waals surface area contributed by atoms with Gasteiger partial charge >= 0.3 is 0 Å². The average Bonchev–Trinajstić information content (AvgIpc) is 3.08. The fourth-order valence-corrected chi connectivity index (χ4v) is 5.23. The molecule has 4 atom stereocenters. The number of aryl methyl sites for hydroxylation is 1. The molecule has 6 N–H and O–H groups in total. The van der Waals surface area contributed by atoms with E-state index >= 15 is 0 Å². The molecule has 4 rings (SSSR count). The topological polar surface area (TPSA) is 175 Å². The molecule has 1 aliphatic heterocycles. The molecule has 5 amide bonds. The van der Waals surface area contributed by atoms with E-state index in [1.165, 1.54) is 6.92 Å². The summed E-state index contributed by atoms with van der Waals surface area (Å²) in [6, 6.07) is 21.7. The summed E-state index contributed by atoms with van der Waals surface area (Å²) in [6.45, 7) is 2.01. The summed E-state index contributed by atoms with van der Waals surface area (Å²) in [6.07, 6.45) is 0.0435. The number of aliphatic hydroxyl groups is 1. The van der Waals surface area contributed by atoms with Gasteiger partial charge < -0.3 is 36.4 Å². The number of rotatable bonds is 8. The van der Waals surface area contributed by atoms with Gasteiger partial charge in [0.05, 0.1) is 24.7 Å². The van der Waals surface area contributed by atoms with Crippen molar-refractivity contribution >= 4 is 29.5 Å². The minimum absolute atomic E-state index is 0.161. The molecule has 0 aromatic heterocycles. The third-order valence-electron chi connectivity index (χ3n) is 7.80. The van der Waals surface area contributed by atoms with Gasteiger partial charge in [-0.05, 0) is 49.4 Å². The van der Waals surface area contributed by atoms with E-state index in [2.05, 4.69) is 26.6 Å². The first-order valence-corrected chi connectivity index (χ1v) is 16.1. The third kappa shape index (κ3) is 10.9. The molecule has 12 nitrogen and oxygen atoms in total. The number of hydrogen-bond acceptors (Lipinski definition) is 7. The third-order valence-corrected chi connectivity index (χ3v) is 7.80. The quantitative estimate of drug-likeness (QED) is 0.199. The second kappa shape index (κ2) is 18.2. The molecule has 0 unspecified atom stereocenters. The van der Waals surface area contributed by atoms with Gasteiger partial charge in [-0.1, -0.05) is 72.8 Å². The summed E-state index contributed by atoms with van der Waals surface area (Å²) in [5.74, 6) is -2.94. The molecule has 0 fully saturated rings. The van der Waals surface area contributed by atoms with Crippen LogP contribution in [0.15, 0.2) is 84.9 Å². The van der Waals surface area contributed by atoms with Crippen molar-refractivity contribution in [2.24, 2.45) is 0 Å². The zero-order valence-corrected chi connectivity index (χ0v) is 26.9. The Labute approximate surface area is 280 Å². The van der Waals surface area contributed by atoms with E-state index < -0.39 is 60.2 Å². The zero-order valence-electron chi connectivity index (χ0n) is 26.9. The van der Waals surface area contributed by atoms with Crippen LogP contribution in [-0.4, -0.2) is 78.6 Å². The molecule has 12 heteroatoms. The van der Waals surface area contributed by atoms with E-state index in [0.717, 1.165) is 17.5 Å². The number of aliphatic hydroxyl groups excluding tert-OH is 1. The Bertz CT molecular complexity index is 1530. The molecule has 0 spiro atoms. The maximum absolute atomic E-state index is 13.4. The van der Waals surface area contributed by atoms with Crippen molar-refractivity contribution in [1.82, 2.24) is 26.6 Å².